The number of nitrogens with zero attached hydrogens (tertiary/aromatic N) is 5. The first-order valence-electron chi connectivity index (χ1n) is 9.18. The van der Waals surface area contributed by atoms with Gasteiger partial charge >= 0.3 is 0 Å². The van der Waals surface area contributed by atoms with Gasteiger partial charge in [0.05, 0.1) is 12.5 Å². The summed E-state index contributed by atoms with van der Waals surface area (Å²) in [6, 6.07) is 12.2. The van der Waals surface area contributed by atoms with Crippen LogP contribution in [-0.4, -0.2) is 31.8 Å². The smallest absolute Gasteiger partial charge is 0.197 e. The van der Waals surface area contributed by atoms with Crippen LogP contribution in [0.2, 0.25) is 0 Å². The molecule has 0 unspecified atom stereocenters. The average Bonchev–Trinajstić information content (AvgIpc) is 3.51. The van der Waals surface area contributed by atoms with Gasteiger partial charge in [-0.15, -0.1) is 32.9 Å². The van der Waals surface area contributed by atoms with Gasteiger partial charge < -0.3 is 9.30 Å². The maximum Gasteiger partial charge on any atom is 0.197 e. The number of ether oxygens (including phenoxy) is 1. The molecule has 0 fully saturated rings. The lowest BCUT2D eigenvalue weighted by Gasteiger charge is -2.06. The van der Waals surface area contributed by atoms with Gasteiger partial charge in [0, 0.05) is 29.3 Å². The van der Waals surface area contributed by atoms with Crippen molar-refractivity contribution >= 4 is 44.7 Å². The van der Waals surface area contributed by atoms with Crippen LogP contribution in [0.15, 0.2) is 63.7 Å². The lowest BCUT2D eigenvalue weighted by atomic mass is 10.1. The fraction of sp³-hybridized carbons (Fsp3) is 0.143. The van der Waals surface area contributed by atoms with Crippen LogP contribution in [0, 0.1) is 0 Å². The van der Waals surface area contributed by atoms with Crippen LogP contribution in [0.4, 0.5) is 0 Å². The van der Waals surface area contributed by atoms with Gasteiger partial charge in [0.25, 0.3) is 0 Å². The first kappa shape index (κ1) is 19.2. The van der Waals surface area contributed by atoms with Gasteiger partial charge in [0.15, 0.2) is 5.16 Å². The Labute approximate surface area is 185 Å². The minimum Gasteiger partial charge on any atom is -0.497 e. The third kappa shape index (κ3) is 3.60. The van der Waals surface area contributed by atoms with Crippen molar-refractivity contribution in [3.63, 3.8) is 0 Å². The summed E-state index contributed by atoms with van der Waals surface area (Å²) < 4.78 is 7.33. The molecule has 6 nitrogen and oxygen atoms in total. The van der Waals surface area contributed by atoms with Crippen molar-refractivity contribution in [3.8, 4) is 16.9 Å². The van der Waals surface area contributed by atoms with Gasteiger partial charge in [-0.05, 0) is 40.9 Å². The van der Waals surface area contributed by atoms with Crippen LogP contribution in [0.3, 0.4) is 0 Å². The fourth-order valence-corrected chi connectivity index (χ4v) is 5.74. The maximum absolute atomic E-state index is 5.29. The number of aromatic nitrogens is 5. The molecule has 5 aromatic rings. The van der Waals surface area contributed by atoms with Gasteiger partial charge in [-0.1, -0.05) is 18.2 Å². The van der Waals surface area contributed by atoms with E-state index < -0.39 is 0 Å². The molecule has 0 atom stereocenters. The first-order valence-corrected chi connectivity index (χ1v) is 11.8. The molecule has 0 aliphatic rings. The SMILES string of the molecule is COc1ccc(-c2csc3ncnc(Sc4nnc(Cc5cccs5)n4C)c23)cc1. The fourth-order valence-electron chi connectivity index (χ4n) is 3.15. The van der Waals surface area contributed by atoms with E-state index >= 15 is 0 Å². The number of fused-ring (bicyclic) bond motifs is 1. The monoisotopic (exact) mass is 451 g/mol. The highest BCUT2D eigenvalue weighted by Crippen LogP contribution is 2.40. The highest BCUT2D eigenvalue weighted by atomic mass is 32.2. The Morgan fingerprint density at radius 3 is 2.70 bits per heavy atom. The largest absolute Gasteiger partial charge is 0.497 e. The molecule has 150 valence electrons. The van der Waals surface area contributed by atoms with E-state index in [1.165, 1.54) is 16.6 Å². The highest BCUT2D eigenvalue weighted by Gasteiger charge is 2.18. The van der Waals surface area contributed by atoms with E-state index in [-0.39, 0.29) is 0 Å². The zero-order valence-corrected chi connectivity index (χ0v) is 18.7. The molecule has 0 aliphatic heterocycles. The lowest BCUT2D eigenvalue weighted by molar-refractivity contribution is 0.415. The Bertz CT molecular complexity index is 1290. The molecule has 0 N–H and O–H groups in total. The topological polar surface area (TPSA) is 65.7 Å². The zero-order chi connectivity index (χ0) is 20.5. The molecule has 0 amide bonds. The van der Waals surface area contributed by atoms with Crippen LogP contribution in [-0.2, 0) is 13.5 Å². The summed E-state index contributed by atoms with van der Waals surface area (Å²) >= 11 is 4.87. The number of thiophene rings is 2. The maximum atomic E-state index is 5.29. The number of benzene rings is 1. The summed E-state index contributed by atoms with van der Waals surface area (Å²) in [7, 11) is 3.67. The van der Waals surface area contributed by atoms with Crippen molar-refractivity contribution in [1.29, 1.82) is 0 Å². The normalized spacial score (nSPS) is 11.3. The predicted molar refractivity (Wildman–Crippen MR) is 122 cm³/mol. The predicted octanol–water partition coefficient (Wildman–Crippen LogP) is 5.30. The molecule has 0 saturated carbocycles. The highest BCUT2D eigenvalue weighted by molar-refractivity contribution is 7.99. The summed E-state index contributed by atoms with van der Waals surface area (Å²) in [5.41, 5.74) is 2.22. The second-order valence-corrected chi connectivity index (χ2v) is 9.40. The standard InChI is InChI=1S/C21H17N5OS3/c1-26-17(10-15-4-3-9-28-15)24-25-21(26)30-20-18-16(11-29-19(18)22-12-23-20)13-5-7-14(27-2)8-6-13/h3-9,11-12H,10H2,1-2H3. The summed E-state index contributed by atoms with van der Waals surface area (Å²) in [5, 5.41) is 15.8. The molecule has 0 bridgehead atoms. The van der Waals surface area contributed by atoms with Crippen molar-refractivity contribution in [2.24, 2.45) is 7.05 Å². The van der Waals surface area contributed by atoms with Crippen LogP contribution in [0.1, 0.15) is 10.7 Å². The van der Waals surface area contributed by atoms with Gasteiger partial charge in [-0.2, -0.15) is 0 Å². The van der Waals surface area contributed by atoms with Gasteiger partial charge in [0.2, 0.25) is 0 Å². The summed E-state index contributed by atoms with van der Waals surface area (Å²) in [6.07, 6.45) is 2.39. The van der Waals surface area contributed by atoms with Crippen molar-refractivity contribution < 1.29 is 4.74 Å². The van der Waals surface area contributed by atoms with Crippen molar-refractivity contribution in [1.82, 2.24) is 24.7 Å². The summed E-state index contributed by atoms with van der Waals surface area (Å²) in [4.78, 5) is 11.3. The number of hydrogen-bond donors (Lipinski definition) is 0. The summed E-state index contributed by atoms with van der Waals surface area (Å²) in [6.45, 7) is 0. The van der Waals surface area contributed by atoms with E-state index in [9.17, 15) is 0 Å². The molecule has 4 heterocycles. The number of rotatable bonds is 6. The molecule has 5 rings (SSSR count). The van der Waals surface area contributed by atoms with Crippen LogP contribution in [0.5, 0.6) is 5.75 Å². The second kappa shape index (κ2) is 8.17. The average molecular weight is 452 g/mol. The van der Waals surface area contributed by atoms with E-state index in [1.807, 2.05) is 23.7 Å². The molecule has 1 aromatic carbocycles. The van der Waals surface area contributed by atoms with Crippen molar-refractivity contribution in [3.05, 3.63) is 64.2 Å². The van der Waals surface area contributed by atoms with Crippen LogP contribution >= 0.6 is 34.4 Å². The minimum atomic E-state index is 0.774. The molecule has 0 aliphatic carbocycles. The van der Waals surface area contributed by atoms with E-state index in [2.05, 4.69) is 55.2 Å². The molecule has 0 saturated heterocycles. The zero-order valence-electron chi connectivity index (χ0n) is 16.3. The Hall–Kier alpha value is -2.75. The lowest BCUT2D eigenvalue weighted by Crippen LogP contribution is -1.99. The Kier molecular flexibility index (Phi) is 5.24. The molecule has 0 radical (unpaired) electrons. The molecular formula is C21H17N5OS3. The number of methoxy groups -OCH3 is 1. The summed E-state index contributed by atoms with van der Waals surface area (Å²) in [5.74, 6) is 1.77. The Morgan fingerprint density at radius 2 is 1.93 bits per heavy atom. The van der Waals surface area contributed by atoms with E-state index in [4.69, 9.17) is 4.74 Å². The third-order valence-electron chi connectivity index (χ3n) is 4.76. The van der Waals surface area contributed by atoms with Gasteiger partial charge in [-0.25, -0.2) is 9.97 Å². The van der Waals surface area contributed by atoms with E-state index in [0.717, 1.165) is 49.5 Å². The molecular weight excluding hydrogens is 434 g/mol. The molecule has 0 spiro atoms. The van der Waals surface area contributed by atoms with Crippen LogP contribution in [0.25, 0.3) is 21.3 Å². The Morgan fingerprint density at radius 1 is 1.07 bits per heavy atom. The Balaban J connectivity index is 1.50. The minimum absolute atomic E-state index is 0.774. The molecule has 9 heteroatoms. The van der Waals surface area contributed by atoms with Crippen molar-refractivity contribution in [2.75, 3.05) is 7.11 Å². The third-order valence-corrected chi connectivity index (χ3v) is 7.57. The number of hydrogen-bond acceptors (Lipinski definition) is 8. The molecule has 4 aromatic heterocycles. The van der Waals surface area contributed by atoms with Gasteiger partial charge in [-0.3, -0.25) is 0 Å². The van der Waals surface area contributed by atoms with Gasteiger partial charge in [0.1, 0.15) is 27.8 Å². The van der Waals surface area contributed by atoms with Crippen LogP contribution < -0.4 is 4.74 Å². The quantitative estimate of drug-likeness (QED) is 0.327. The molecule has 30 heavy (non-hydrogen) atoms. The first-order chi connectivity index (χ1) is 14.7. The van der Waals surface area contributed by atoms with E-state index in [0.29, 0.717) is 0 Å². The second-order valence-electron chi connectivity index (χ2n) is 6.55. The van der Waals surface area contributed by atoms with E-state index in [1.54, 1.807) is 36.1 Å². The van der Waals surface area contributed by atoms with Crippen molar-refractivity contribution in [2.45, 2.75) is 16.6 Å².